The third-order valence-corrected chi connectivity index (χ3v) is 5.59. The van der Waals surface area contributed by atoms with Crippen LogP contribution >= 0.6 is 11.8 Å². The van der Waals surface area contributed by atoms with E-state index in [-0.39, 0.29) is 0 Å². The zero-order valence-corrected chi connectivity index (χ0v) is 13.2. The maximum absolute atomic E-state index is 5.87. The number of likely N-dealkylation sites (tertiary alicyclic amines) is 1. The average molecular weight is 295 g/mol. The molecule has 0 amide bonds. The molecule has 1 aliphatic carbocycles. The molecule has 5 heteroatoms. The van der Waals surface area contributed by atoms with Gasteiger partial charge in [-0.1, -0.05) is 31.0 Å². The molecule has 0 N–H and O–H groups in total. The van der Waals surface area contributed by atoms with Crippen LogP contribution in [0.3, 0.4) is 0 Å². The van der Waals surface area contributed by atoms with E-state index < -0.39 is 0 Å². The van der Waals surface area contributed by atoms with Crippen molar-refractivity contribution in [3.63, 3.8) is 0 Å². The van der Waals surface area contributed by atoms with Gasteiger partial charge in [-0.05, 0) is 45.2 Å². The number of hydrogen-bond donors (Lipinski definition) is 0. The molecule has 2 fully saturated rings. The van der Waals surface area contributed by atoms with Crippen LogP contribution in [0.1, 0.15) is 56.8 Å². The van der Waals surface area contributed by atoms with E-state index in [0.29, 0.717) is 5.92 Å². The van der Waals surface area contributed by atoms with Crippen molar-refractivity contribution in [1.82, 2.24) is 15.1 Å². The van der Waals surface area contributed by atoms with Gasteiger partial charge in [0.2, 0.25) is 5.89 Å². The predicted octanol–water partition coefficient (Wildman–Crippen LogP) is 3.55. The van der Waals surface area contributed by atoms with E-state index in [2.05, 4.69) is 22.1 Å². The number of hydrogen-bond acceptors (Lipinski definition) is 5. The molecule has 1 saturated carbocycles. The monoisotopic (exact) mass is 295 g/mol. The van der Waals surface area contributed by atoms with Gasteiger partial charge in [-0.15, -0.1) is 10.2 Å². The third kappa shape index (κ3) is 3.76. The summed E-state index contributed by atoms with van der Waals surface area (Å²) in [4.78, 5) is 2.43. The van der Waals surface area contributed by atoms with E-state index in [0.717, 1.165) is 22.8 Å². The molecule has 1 saturated heterocycles. The molecule has 0 spiro atoms. The first-order valence-corrected chi connectivity index (χ1v) is 8.94. The first-order valence-electron chi connectivity index (χ1n) is 7.96. The normalized spacial score (nSPS) is 25.9. The second-order valence-corrected chi connectivity index (χ2v) is 7.29. The largest absolute Gasteiger partial charge is 0.416 e. The summed E-state index contributed by atoms with van der Waals surface area (Å²) in [5.74, 6) is 3.28. The molecule has 0 radical (unpaired) electrons. The van der Waals surface area contributed by atoms with Crippen molar-refractivity contribution >= 4 is 11.8 Å². The minimum absolute atomic E-state index is 0.520. The van der Waals surface area contributed by atoms with Gasteiger partial charge in [-0.25, -0.2) is 0 Å². The molecule has 1 atom stereocenters. The van der Waals surface area contributed by atoms with E-state index in [1.54, 1.807) is 11.8 Å². The lowest BCUT2D eigenvalue weighted by molar-refractivity contribution is 0.224. The third-order valence-electron chi connectivity index (χ3n) is 4.54. The molecular formula is C15H25N3OS. The molecule has 0 aromatic carbocycles. The second kappa shape index (κ2) is 6.94. The standard InChI is InChI=1S/C15H25N3OS/c1-18-9-5-6-12(10-18)11-20-15-17-16-14(19-15)13-7-3-2-4-8-13/h12-13H,2-11H2,1H3/t12-/m0/s1. The fourth-order valence-electron chi connectivity index (χ4n) is 3.39. The van der Waals surface area contributed by atoms with Gasteiger partial charge in [0.25, 0.3) is 5.22 Å². The lowest BCUT2D eigenvalue weighted by Crippen LogP contribution is -2.33. The van der Waals surface area contributed by atoms with E-state index in [1.807, 2.05) is 0 Å². The van der Waals surface area contributed by atoms with Gasteiger partial charge in [0.05, 0.1) is 0 Å². The maximum atomic E-state index is 5.87. The van der Waals surface area contributed by atoms with Crippen molar-refractivity contribution in [3.05, 3.63) is 5.89 Å². The number of piperidine rings is 1. The molecule has 4 nitrogen and oxygen atoms in total. The molecule has 2 heterocycles. The Kier molecular flexibility index (Phi) is 4.99. The van der Waals surface area contributed by atoms with Gasteiger partial charge in [0, 0.05) is 18.2 Å². The summed E-state index contributed by atoms with van der Waals surface area (Å²) in [6.45, 7) is 2.45. The molecule has 3 rings (SSSR count). The number of nitrogens with zero attached hydrogens (tertiary/aromatic N) is 3. The van der Waals surface area contributed by atoms with Crippen LogP contribution in [0.4, 0.5) is 0 Å². The first kappa shape index (κ1) is 14.4. The summed E-state index contributed by atoms with van der Waals surface area (Å²) < 4.78 is 5.87. The molecule has 1 aromatic heterocycles. The Bertz CT molecular complexity index is 417. The quantitative estimate of drug-likeness (QED) is 0.795. The van der Waals surface area contributed by atoms with Crippen molar-refractivity contribution in [2.45, 2.75) is 56.1 Å². The Hall–Kier alpha value is -0.550. The lowest BCUT2D eigenvalue weighted by Gasteiger charge is -2.28. The Morgan fingerprint density at radius 3 is 2.80 bits per heavy atom. The fourth-order valence-corrected chi connectivity index (χ4v) is 4.28. The summed E-state index contributed by atoms with van der Waals surface area (Å²) in [6.07, 6.45) is 9.08. The van der Waals surface area contributed by atoms with Gasteiger partial charge in [0.15, 0.2) is 0 Å². The zero-order valence-electron chi connectivity index (χ0n) is 12.4. The molecule has 2 aliphatic rings. The van der Waals surface area contributed by atoms with Crippen LogP contribution in [0.25, 0.3) is 0 Å². The van der Waals surface area contributed by atoms with Gasteiger partial charge in [-0.2, -0.15) is 0 Å². The highest BCUT2D eigenvalue weighted by Gasteiger charge is 2.22. The Morgan fingerprint density at radius 1 is 1.15 bits per heavy atom. The highest BCUT2D eigenvalue weighted by Crippen LogP contribution is 2.33. The van der Waals surface area contributed by atoms with Crippen molar-refractivity contribution in [3.8, 4) is 0 Å². The SMILES string of the molecule is CN1CCC[C@H](CSc2nnc(C3CCCCC3)o2)C1. The van der Waals surface area contributed by atoms with Crippen molar-refractivity contribution in [2.24, 2.45) is 5.92 Å². The smallest absolute Gasteiger partial charge is 0.276 e. The van der Waals surface area contributed by atoms with Crippen LogP contribution in [0.15, 0.2) is 9.64 Å². The highest BCUT2D eigenvalue weighted by molar-refractivity contribution is 7.99. The highest BCUT2D eigenvalue weighted by atomic mass is 32.2. The summed E-state index contributed by atoms with van der Waals surface area (Å²) >= 11 is 1.75. The van der Waals surface area contributed by atoms with Crippen LogP contribution in [-0.2, 0) is 0 Å². The summed E-state index contributed by atoms with van der Waals surface area (Å²) in [6, 6.07) is 0. The summed E-state index contributed by atoms with van der Waals surface area (Å²) in [7, 11) is 2.21. The first-order chi connectivity index (χ1) is 9.81. The van der Waals surface area contributed by atoms with Gasteiger partial charge < -0.3 is 9.32 Å². The van der Waals surface area contributed by atoms with Gasteiger partial charge in [-0.3, -0.25) is 0 Å². The van der Waals surface area contributed by atoms with Crippen molar-refractivity contribution in [2.75, 3.05) is 25.9 Å². The summed E-state index contributed by atoms with van der Waals surface area (Å²) in [5, 5.41) is 9.27. The van der Waals surface area contributed by atoms with Gasteiger partial charge >= 0.3 is 0 Å². The summed E-state index contributed by atoms with van der Waals surface area (Å²) in [5.41, 5.74) is 0. The van der Waals surface area contributed by atoms with Crippen LogP contribution < -0.4 is 0 Å². The Balaban J connectivity index is 1.49. The van der Waals surface area contributed by atoms with Crippen LogP contribution in [-0.4, -0.2) is 41.0 Å². The number of aromatic nitrogens is 2. The number of rotatable bonds is 4. The number of thioether (sulfide) groups is 1. The molecule has 20 heavy (non-hydrogen) atoms. The lowest BCUT2D eigenvalue weighted by atomic mass is 9.89. The molecule has 0 bridgehead atoms. The predicted molar refractivity (Wildman–Crippen MR) is 81.1 cm³/mol. The molecular weight excluding hydrogens is 270 g/mol. The minimum atomic E-state index is 0.520. The topological polar surface area (TPSA) is 42.2 Å². The fraction of sp³-hybridized carbons (Fsp3) is 0.867. The van der Waals surface area contributed by atoms with Crippen molar-refractivity contribution < 1.29 is 4.42 Å². The second-order valence-electron chi connectivity index (χ2n) is 6.32. The van der Waals surface area contributed by atoms with Crippen LogP contribution in [0, 0.1) is 5.92 Å². The van der Waals surface area contributed by atoms with E-state index in [4.69, 9.17) is 4.42 Å². The molecule has 1 aromatic rings. The van der Waals surface area contributed by atoms with Gasteiger partial charge in [0.1, 0.15) is 0 Å². The molecule has 0 unspecified atom stereocenters. The Labute approximate surface area is 125 Å². The van der Waals surface area contributed by atoms with Crippen molar-refractivity contribution in [1.29, 1.82) is 0 Å². The molecule has 112 valence electrons. The van der Waals surface area contributed by atoms with Crippen LogP contribution in [0.2, 0.25) is 0 Å². The van der Waals surface area contributed by atoms with Crippen LogP contribution in [0.5, 0.6) is 0 Å². The molecule has 1 aliphatic heterocycles. The van der Waals surface area contributed by atoms with E-state index in [9.17, 15) is 0 Å². The average Bonchev–Trinajstić information content (AvgIpc) is 2.95. The van der Waals surface area contributed by atoms with E-state index >= 15 is 0 Å². The Morgan fingerprint density at radius 2 is 2.00 bits per heavy atom. The zero-order chi connectivity index (χ0) is 13.8. The minimum Gasteiger partial charge on any atom is -0.416 e. The maximum Gasteiger partial charge on any atom is 0.276 e. The van der Waals surface area contributed by atoms with E-state index in [1.165, 1.54) is 58.0 Å².